The van der Waals surface area contributed by atoms with Crippen LogP contribution in [0.2, 0.25) is 0 Å². The molecule has 0 radical (unpaired) electrons. The number of fused-ring (bicyclic) bond motifs is 2. The molecule has 0 saturated heterocycles. The first-order chi connectivity index (χ1) is 15.6. The molecule has 2 aliphatic rings. The number of nitrogens with zero attached hydrogens (tertiary/aromatic N) is 4. The van der Waals surface area contributed by atoms with Crippen molar-refractivity contribution in [2.45, 2.75) is 52.0 Å². The molecule has 0 aliphatic heterocycles. The third-order valence-corrected chi connectivity index (χ3v) is 7.59. The number of halogens is 1. The number of phenolic OH excluding ortho intramolecular Hbond substituents is 1. The first kappa shape index (κ1) is 21.6. The number of hydrogen-bond acceptors (Lipinski definition) is 6. The van der Waals surface area contributed by atoms with E-state index in [9.17, 15) is 14.6 Å². The summed E-state index contributed by atoms with van der Waals surface area (Å²) >= 11 is 0. The Bertz CT molecular complexity index is 1160. The molecule has 6 nitrogen and oxygen atoms in total. The lowest BCUT2D eigenvalue weighted by atomic mass is 9.68. The van der Waals surface area contributed by atoms with E-state index in [2.05, 4.69) is 41.0 Å². The van der Waals surface area contributed by atoms with E-state index in [-0.39, 0.29) is 5.75 Å². The maximum absolute atomic E-state index is 13.5. The summed E-state index contributed by atoms with van der Waals surface area (Å²) in [5.41, 5.74) is 2.92. The summed E-state index contributed by atoms with van der Waals surface area (Å²) in [5.74, 6) is -0.360. The van der Waals surface area contributed by atoms with Crippen LogP contribution in [0.25, 0.3) is 22.4 Å². The zero-order chi connectivity index (χ0) is 23.4. The number of anilines is 1. The highest BCUT2D eigenvalue weighted by atomic mass is 19.1. The van der Waals surface area contributed by atoms with Crippen LogP contribution in [-0.4, -0.2) is 38.5 Å². The Morgan fingerprint density at radius 1 is 0.939 bits per heavy atom. The minimum Gasteiger partial charge on any atom is -0.507 e. The summed E-state index contributed by atoms with van der Waals surface area (Å²) in [4.78, 5) is 5.58. The summed E-state index contributed by atoms with van der Waals surface area (Å²) < 4.78 is 13.5. The van der Waals surface area contributed by atoms with Crippen LogP contribution in [0.4, 0.5) is 10.2 Å². The van der Waals surface area contributed by atoms with Gasteiger partial charge >= 0.3 is 0 Å². The first-order valence-corrected chi connectivity index (χ1v) is 11.4. The Morgan fingerprint density at radius 2 is 1.67 bits per heavy atom. The Balaban J connectivity index is 1.36. The third kappa shape index (κ3) is 4.12. The highest BCUT2D eigenvalue weighted by Crippen LogP contribution is 2.58. The van der Waals surface area contributed by atoms with E-state index in [1.54, 1.807) is 12.1 Å². The molecular formula is C26H29FN4O2. The molecule has 2 saturated carbocycles. The second-order valence-corrected chi connectivity index (χ2v) is 10.5. The van der Waals surface area contributed by atoms with Gasteiger partial charge in [0.15, 0.2) is 5.82 Å². The molecule has 5 rings (SSSR count). The normalized spacial score (nSPS) is 26.4. The minimum absolute atomic E-state index is 0.00400. The Labute approximate surface area is 193 Å². The summed E-state index contributed by atoms with van der Waals surface area (Å²) in [6.07, 6.45) is 6.28. The van der Waals surface area contributed by atoms with Gasteiger partial charge in [0.25, 0.3) is 0 Å². The van der Waals surface area contributed by atoms with Gasteiger partial charge in [0, 0.05) is 30.8 Å². The summed E-state index contributed by atoms with van der Waals surface area (Å²) in [6, 6.07) is 11.8. The second kappa shape index (κ2) is 7.68. The van der Waals surface area contributed by atoms with Gasteiger partial charge in [0.2, 0.25) is 11.8 Å². The fourth-order valence-corrected chi connectivity index (χ4v) is 6.06. The predicted molar refractivity (Wildman–Crippen MR) is 125 cm³/mol. The third-order valence-electron chi connectivity index (χ3n) is 7.59. The zero-order valence-electron chi connectivity index (χ0n) is 19.2. The van der Waals surface area contributed by atoms with E-state index in [1.807, 2.05) is 12.1 Å². The molecule has 1 aromatic carbocycles. The van der Waals surface area contributed by atoms with E-state index in [1.165, 1.54) is 50.3 Å². The number of benzene rings is 1. The molecule has 3 atom stereocenters. The molecule has 7 heteroatoms. The van der Waals surface area contributed by atoms with Crippen LogP contribution >= 0.6 is 0 Å². The number of hydrogen-bond donors (Lipinski definition) is 2. The fraction of sp³-hybridized carbons (Fsp3) is 0.423. The van der Waals surface area contributed by atoms with E-state index >= 15 is 0 Å². The Hall–Kier alpha value is -3.22. The lowest BCUT2D eigenvalue weighted by molar-refractivity contribution is 0.148. The van der Waals surface area contributed by atoms with Crippen LogP contribution in [0.1, 0.15) is 46.0 Å². The number of pyridine rings is 1. The van der Waals surface area contributed by atoms with Gasteiger partial charge in [-0.3, -0.25) is 0 Å². The fourth-order valence-electron chi connectivity index (χ4n) is 6.06. The SMILES string of the molecule is CN(c1ccc(-c2ccc(-c3cc(O)nc(F)c3)cc2O)nn1)[C@H]1C[C@]2(C)CC[C@](C)(C1)C2. The van der Waals surface area contributed by atoms with E-state index in [0.29, 0.717) is 39.3 Å². The van der Waals surface area contributed by atoms with E-state index < -0.39 is 11.8 Å². The largest absolute Gasteiger partial charge is 0.507 e. The van der Waals surface area contributed by atoms with Crippen LogP contribution in [0.15, 0.2) is 42.5 Å². The van der Waals surface area contributed by atoms with Crippen LogP contribution in [-0.2, 0) is 0 Å². The van der Waals surface area contributed by atoms with Gasteiger partial charge in [-0.25, -0.2) is 0 Å². The van der Waals surface area contributed by atoms with Gasteiger partial charge < -0.3 is 15.1 Å². The van der Waals surface area contributed by atoms with Crippen LogP contribution in [0.3, 0.4) is 0 Å². The highest BCUT2D eigenvalue weighted by Gasteiger charge is 2.50. The van der Waals surface area contributed by atoms with Crippen molar-refractivity contribution >= 4 is 5.82 Å². The monoisotopic (exact) mass is 448 g/mol. The van der Waals surface area contributed by atoms with Crippen molar-refractivity contribution < 1.29 is 14.6 Å². The van der Waals surface area contributed by atoms with Crippen LogP contribution in [0.5, 0.6) is 11.6 Å². The molecule has 3 aromatic rings. The number of rotatable bonds is 4. The number of phenols is 1. The topological polar surface area (TPSA) is 82.4 Å². The molecule has 2 fully saturated rings. The van der Waals surface area contributed by atoms with Gasteiger partial charge in [-0.15, -0.1) is 10.2 Å². The van der Waals surface area contributed by atoms with Crippen molar-refractivity contribution in [2.24, 2.45) is 10.8 Å². The number of aromatic hydroxyl groups is 2. The Kier molecular flexibility index (Phi) is 5.03. The molecule has 2 heterocycles. The Morgan fingerprint density at radius 3 is 2.27 bits per heavy atom. The average Bonchev–Trinajstić information content (AvgIpc) is 2.99. The van der Waals surface area contributed by atoms with Crippen molar-refractivity contribution in [3.63, 3.8) is 0 Å². The van der Waals surface area contributed by atoms with Gasteiger partial charge in [-0.2, -0.15) is 9.37 Å². The average molecular weight is 449 g/mol. The summed E-state index contributed by atoms with van der Waals surface area (Å²) in [6.45, 7) is 4.84. The van der Waals surface area contributed by atoms with E-state index in [4.69, 9.17) is 0 Å². The first-order valence-electron chi connectivity index (χ1n) is 11.4. The van der Waals surface area contributed by atoms with Crippen molar-refractivity contribution in [1.82, 2.24) is 15.2 Å². The molecule has 2 N–H and O–H groups in total. The highest BCUT2D eigenvalue weighted by molar-refractivity contribution is 5.74. The zero-order valence-corrected chi connectivity index (χ0v) is 19.2. The molecule has 0 unspecified atom stereocenters. The van der Waals surface area contributed by atoms with Crippen molar-refractivity contribution in [3.8, 4) is 34.0 Å². The van der Waals surface area contributed by atoms with Crippen molar-refractivity contribution in [3.05, 3.63) is 48.4 Å². The molecule has 2 aromatic heterocycles. The molecular weight excluding hydrogens is 419 g/mol. The van der Waals surface area contributed by atoms with Crippen LogP contribution < -0.4 is 4.90 Å². The quantitative estimate of drug-likeness (QED) is 0.509. The lowest BCUT2D eigenvalue weighted by Gasteiger charge is -2.44. The molecule has 172 valence electrons. The summed E-state index contributed by atoms with van der Waals surface area (Å²) in [7, 11) is 2.10. The maximum Gasteiger partial charge on any atom is 0.216 e. The second-order valence-electron chi connectivity index (χ2n) is 10.5. The predicted octanol–water partition coefficient (Wildman–Crippen LogP) is 5.55. The summed E-state index contributed by atoms with van der Waals surface area (Å²) in [5, 5.41) is 29.0. The van der Waals surface area contributed by atoms with Crippen molar-refractivity contribution in [2.75, 3.05) is 11.9 Å². The number of aromatic nitrogens is 3. The van der Waals surface area contributed by atoms with Gasteiger partial charge in [-0.1, -0.05) is 19.9 Å². The van der Waals surface area contributed by atoms with Gasteiger partial charge in [-0.05, 0) is 78.3 Å². The molecule has 33 heavy (non-hydrogen) atoms. The molecule has 2 bridgehead atoms. The lowest BCUT2D eigenvalue weighted by Crippen LogP contribution is -2.42. The van der Waals surface area contributed by atoms with Crippen LogP contribution in [0, 0.1) is 16.8 Å². The molecule has 0 amide bonds. The van der Waals surface area contributed by atoms with Crippen molar-refractivity contribution in [1.29, 1.82) is 0 Å². The van der Waals surface area contributed by atoms with E-state index in [0.717, 1.165) is 5.82 Å². The smallest absolute Gasteiger partial charge is 0.216 e. The standard InChI is InChI=1S/C26H29FN4O2/c1-25-8-9-26(2,15-25)14-18(13-25)31(3)23-7-6-20(29-30-23)19-5-4-16(10-21(19)32)17-11-22(27)28-24(33)12-17/h4-7,10-12,18,32H,8-9,13-15H2,1-3H3,(H,28,33)/t18-,25-,26+. The minimum atomic E-state index is -0.784. The molecule has 0 spiro atoms. The van der Waals surface area contributed by atoms with Gasteiger partial charge in [0.05, 0.1) is 5.69 Å². The molecule has 2 aliphatic carbocycles. The maximum atomic E-state index is 13.5. The van der Waals surface area contributed by atoms with Gasteiger partial charge in [0.1, 0.15) is 5.75 Å².